The van der Waals surface area contributed by atoms with Crippen molar-refractivity contribution in [3.05, 3.63) is 60.7 Å². The molecule has 31 heavy (non-hydrogen) atoms. The van der Waals surface area contributed by atoms with Gasteiger partial charge in [0, 0.05) is 44.0 Å². The molecular weight excluding hydrogens is 390 g/mol. The van der Waals surface area contributed by atoms with Gasteiger partial charge in [-0.2, -0.15) is 0 Å². The summed E-state index contributed by atoms with van der Waals surface area (Å²) in [5, 5.41) is 3.43. The van der Waals surface area contributed by atoms with Crippen molar-refractivity contribution in [2.24, 2.45) is 0 Å². The normalized spacial score (nSPS) is 18.4. The van der Waals surface area contributed by atoms with Crippen LogP contribution >= 0.6 is 0 Å². The van der Waals surface area contributed by atoms with Crippen molar-refractivity contribution in [2.45, 2.75) is 25.3 Å². The van der Waals surface area contributed by atoms with Crippen molar-refractivity contribution in [2.75, 3.05) is 36.4 Å². The van der Waals surface area contributed by atoms with Gasteiger partial charge >= 0.3 is 0 Å². The first-order valence-electron chi connectivity index (χ1n) is 10.8. The van der Waals surface area contributed by atoms with Crippen molar-refractivity contribution in [3.63, 3.8) is 0 Å². The van der Waals surface area contributed by atoms with Gasteiger partial charge in [-0.15, -0.1) is 0 Å². The van der Waals surface area contributed by atoms with E-state index in [9.17, 15) is 4.79 Å². The van der Waals surface area contributed by atoms with Crippen LogP contribution in [0.2, 0.25) is 0 Å². The Balaban J connectivity index is 1.25. The zero-order valence-corrected chi connectivity index (χ0v) is 17.3. The molecule has 1 atom stereocenters. The zero-order valence-electron chi connectivity index (χ0n) is 17.3. The molecule has 1 aromatic carbocycles. The third kappa shape index (κ3) is 4.33. The summed E-state index contributed by atoms with van der Waals surface area (Å²) in [5.41, 5.74) is 2.40. The molecule has 5 rings (SSSR count). The molecule has 2 aliphatic rings. The fourth-order valence-corrected chi connectivity index (χ4v) is 4.16. The summed E-state index contributed by atoms with van der Waals surface area (Å²) in [6, 6.07) is 12.2. The number of likely N-dealkylation sites (tertiary alicyclic amines) is 1. The van der Waals surface area contributed by atoms with Crippen LogP contribution in [0, 0.1) is 0 Å². The molecule has 0 saturated carbocycles. The molecule has 2 aromatic heterocycles. The Labute approximate surface area is 181 Å². The molecule has 1 N–H and O–H groups in total. The molecule has 1 amide bonds. The maximum Gasteiger partial charge on any atom is 0.274 e. The number of hydrogen-bond acceptors (Lipinski definition) is 7. The predicted molar refractivity (Wildman–Crippen MR) is 119 cm³/mol. The summed E-state index contributed by atoms with van der Waals surface area (Å²) < 4.78 is 0. The molecule has 0 bridgehead atoms. The van der Waals surface area contributed by atoms with Crippen LogP contribution in [0.3, 0.4) is 0 Å². The Bertz CT molecular complexity index is 1050. The topological polar surface area (TPSA) is 87.1 Å². The standard InChI is InChI=1S/C23H25N7O/c31-22(29-11-4-5-12-29)20-14-24-15-21(27-20)26-18-9-13-30(16-18)23-25-10-8-19(28-23)17-6-2-1-3-7-17/h1-3,6-8,10,14-15,18H,4-5,9,11-13,16H2,(H,26,27). The molecule has 0 aliphatic carbocycles. The molecule has 1 unspecified atom stereocenters. The molecule has 2 fully saturated rings. The molecule has 2 saturated heterocycles. The third-order valence-corrected chi connectivity index (χ3v) is 5.78. The first-order chi connectivity index (χ1) is 15.3. The second-order valence-corrected chi connectivity index (χ2v) is 7.97. The highest BCUT2D eigenvalue weighted by Crippen LogP contribution is 2.22. The van der Waals surface area contributed by atoms with E-state index in [-0.39, 0.29) is 11.9 Å². The van der Waals surface area contributed by atoms with Crippen molar-refractivity contribution in [3.8, 4) is 11.3 Å². The number of benzene rings is 1. The molecule has 8 heteroatoms. The highest BCUT2D eigenvalue weighted by molar-refractivity contribution is 5.92. The number of anilines is 2. The van der Waals surface area contributed by atoms with Crippen LogP contribution in [0.5, 0.6) is 0 Å². The summed E-state index contributed by atoms with van der Waals surface area (Å²) >= 11 is 0. The summed E-state index contributed by atoms with van der Waals surface area (Å²) in [6.45, 7) is 3.23. The Hall–Kier alpha value is -3.55. The smallest absolute Gasteiger partial charge is 0.274 e. The van der Waals surface area contributed by atoms with E-state index in [4.69, 9.17) is 4.98 Å². The molecule has 0 radical (unpaired) electrons. The number of hydrogen-bond donors (Lipinski definition) is 1. The number of nitrogens with one attached hydrogen (secondary N) is 1. The lowest BCUT2D eigenvalue weighted by molar-refractivity contribution is 0.0786. The molecule has 8 nitrogen and oxygen atoms in total. The predicted octanol–water partition coefficient (Wildman–Crippen LogP) is 2.86. The number of carbonyl (C=O) groups is 1. The van der Waals surface area contributed by atoms with E-state index in [0.717, 1.165) is 62.6 Å². The van der Waals surface area contributed by atoms with Crippen molar-refractivity contribution in [1.29, 1.82) is 0 Å². The van der Waals surface area contributed by atoms with E-state index < -0.39 is 0 Å². The van der Waals surface area contributed by atoms with Crippen molar-refractivity contribution < 1.29 is 4.79 Å². The van der Waals surface area contributed by atoms with Gasteiger partial charge in [0.1, 0.15) is 11.5 Å². The third-order valence-electron chi connectivity index (χ3n) is 5.78. The Morgan fingerprint density at radius 2 is 1.84 bits per heavy atom. The lowest BCUT2D eigenvalue weighted by Gasteiger charge is -2.18. The maximum atomic E-state index is 12.6. The van der Waals surface area contributed by atoms with E-state index in [1.807, 2.05) is 35.4 Å². The molecule has 3 aromatic rings. The van der Waals surface area contributed by atoms with E-state index in [0.29, 0.717) is 11.5 Å². The molecule has 2 aliphatic heterocycles. The lowest BCUT2D eigenvalue weighted by atomic mass is 10.1. The quantitative estimate of drug-likeness (QED) is 0.686. The Morgan fingerprint density at radius 3 is 2.68 bits per heavy atom. The van der Waals surface area contributed by atoms with Gasteiger partial charge in [-0.1, -0.05) is 30.3 Å². The van der Waals surface area contributed by atoms with E-state index in [1.54, 1.807) is 12.4 Å². The van der Waals surface area contributed by atoms with Crippen LogP contribution in [0.15, 0.2) is 55.0 Å². The van der Waals surface area contributed by atoms with Gasteiger partial charge in [0.15, 0.2) is 0 Å². The molecule has 158 valence electrons. The van der Waals surface area contributed by atoms with Gasteiger partial charge in [-0.3, -0.25) is 9.78 Å². The minimum atomic E-state index is -0.0344. The van der Waals surface area contributed by atoms with E-state index in [2.05, 4.69) is 37.3 Å². The van der Waals surface area contributed by atoms with Crippen molar-refractivity contribution in [1.82, 2.24) is 24.8 Å². The fourth-order valence-electron chi connectivity index (χ4n) is 4.16. The Morgan fingerprint density at radius 1 is 1.00 bits per heavy atom. The second kappa shape index (κ2) is 8.67. The van der Waals surface area contributed by atoms with Crippen LogP contribution in [-0.4, -0.2) is 63.0 Å². The fraction of sp³-hybridized carbons (Fsp3) is 0.348. The second-order valence-electron chi connectivity index (χ2n) is 7.97. The minimum Gasteiger partial charge on any atom is -0.364 e. The average molecular weight is 416 g/mol. The van der Waals surface area contributed by atoms with Gasteiger partial charge in [-0.25, -0.2) is 15.0 Å². The molecule has 0 spiro atoms. The number of carbonyl (C=O) groups excluding carboxylic acids is 1. The van der Waals surface area contributed by atoms with E-state index >= 15 is 0 Å². The maximum absolute atomic E-state index is 12.6. The van der Waals surface area contributed by atoms with Gasteiger partial charge in [0.25, 0.3) is 5.91 Å². The van der Waals surface area contributed by atoms with Crippen LogP contribution in [-0.2, 0) is 0 Å². The van der Waals surface area contributed by atoms with Gasteiger partial charge in [0.05, 0.1) is 18.1 Å². The first kappa shape index (κ1) is 19.4. The highest BCUT2D eigenvalue weighted by atomic mass is 16.2. The first-order valence-corrected chi connectivity index (χ1v) is 10.8. The van der Waals surface area contributed by atoms with Gasteiger partial charge in [-0.05, 0) is 25.3 Å². The largest absolute Gasteiger partial charge is 0.364 e. The van der Waals surface area contributed by atoms with Gasteiger partial charge < -0.3 is 15.1 Å². The Kier molecular flexibility index (Phi) is 5.43. The number of amides is 1. The summed E-state index contributed by atoms with van der Waals surface area (Å²) in [5.74, 6) is 1.33. The lowest BCUT2D eigenvalue weighted by Crippen LogP contribution is -2.30. The van der Waals surface area contributed by atoms with E-state index in [1.165, 1.54) is 0 Å². The van der Waals surface area contributed by atoms with Crippen LogP contribution in [0.4, 0.5) is 11.8 Å². The number of rotatable bonds is 5. The summed E-state index contributed by atoms with van der Waals surface area (Å²) in [6.07, 6.45) is 8.09. The number of aromatic nitrogens is 4. The summed E-state index contributed by atoms with van der Waals surface area (Å²) in [7, 11) is 0. The van der Waals surface area contributed by atoms with Gasteiger partial charge in [0.2, 0.25) is 5.95 Å². The van der Waals surface area contributed by atoms with Crippen LogP contribution in [0.25, 0.3) is 11.3 Å². The van der Waals surface area contributed by atoms with Crippen LogP contribution in [0.1, 0.15) is 29.8 Å². The molecule has 4 heterocycles. The molecular formula is C23H25N7O. The van der Waals surface area contributed by atoms with Crippen LogP contribution < -0.4 is 10.2 Å². The zero-order chi connectivity index (χ0) is 21.0. The highest BCUT2D eigenvalue weighted by Gasteiger charge is 2.26. The minimum absolute atomic E-state index is 0.0344. The van der Waals surface area contributed by atoms with Crippen molar-refractivity contribution >= 4 is 17.7 Å². The number of nitrogens with zero attached hydrogens (tertiary/aromatic N) is 6. The monoisotopic (exact) mass is 415 g/mol. The summed E-state index contributed by atoms with van der Waals surface area (Å²) in [4.78, 5) is 34.6. The average Bonchev–Trinajstić information content (AvgIpc) is 3.52. The SMILES string of the molecule is O=C(c1cncc(NC2CCN(c3nccc(-c4ccccc4)n3)C2)n1)N1CCCC1.